The second-order valence-electron chi connectivity index (χ2n) is 5.52. The molecule has 0 amide bonds. The monoisotopic (exact) mass is 378 g/mol. The molecule has 11 N–H and O–H groups in total. The van der Waals surface area contributed by atoms with Crippen LogP contribution < -0.4 is 11.5 Å². The van der Waals surface area contributed by atoms with Crippen LogP contribution in [0.1, 0.15) is 59.3 Å². The van der Waals surface area contributed by atoms with Gasteiger partial charge in [0.2, 0.25) is 11.6 Å². The zero-order chi connectivity index (χ0) is 20.0. The van der Waals surface area contributed by atoms with Crippen LogP contribution in [0.4, 0.5) is 0 Å². The highest BCUT2D eigenvalue weighted by molar-refractivity contribution is 7.45. The molecule has 0 heterocycles. The van der Waals surface area contributed by atoms with Gasteiger partial charge >= 0.3 is 7.82 Å². The Morgan fingerprint density at radius 1 is 0.917 bits per heavy atom. The maximum atomic E-state index is 8.97. The van der Waals surface area contributed by atoms with Crippen molar-refractivity contribution < 1.29 is 39.7 Å². The van der Waals surface area contributed by atoms with Gasteiger partial charge in [-0.2, -0.15) is 0 Å². The van der Waals surface area contributed by atoms with E-state index in [9.17, 15) is 0 Å². The molecule has 0 spiro atoms. The van der Waals surface area contributed by atoms with Gasteiger partial charge in [0.05, 0.1) is 6.04 Å². The minimum absolute atomic E-state index is 0.260. The van der Waals surface area contributed by atoms with Crippen LogP contribution in [0.2, 0.25) is 0 Å². The molecule has 1 unspecified atom stereocenters. The van der Waals surface area contributed by atoms with E-state index < -0.39 is 25.4 Å². The van der Waals surface area contributed by atoms with Gasteiger partial charge in [-0.05, 0) is 6.92 Å². The van der Waals surface area contributed by atoms with Crippen LogP contribution in [0.15, 0.2) is 0 Å². The fraction of sp³-hybridized carbons (Fsp3) is 1.00. The maximum Gasteiger partial charge on any atom is 0.466 e. The Labute approximate surface area is 143 Å². The largest absolute Gasteiger partial charge is 0.466 e. The summed E-state index contributed by atoms with van der Waals surface area (Å²) in [6.07, 6.45) is 8.49. The minimum Gasteiger partial charge on any atom is -0.362 e. The second kappa shape index (κ2) is 14.1. The SMILES string of the molecule is CC(O)(O)C(O)(O)C(N)CN.CCCCCCCC.O=P(O)(O)O. The normalized spacial score (nSPS) is 13.3. The highest BCUT2D eigenvalue weighted by Gasteiger charge is 2.47. The van der Waals surface area contributed by atoms with Gasteiger partial charge < -0.3 is 46.6 Å². The van der Waals surface area contributed by atoms with Crippen molar-refractivity contribution in [2.75, 3.05) is 6.54 Å². The Morgan fingerprint density at radius 2 is 1.21 bits per heavy atom. The molecule has 10 nitrogen and oxygen atoms in total. The number of phosphoric acid groups is 1. The summed E-state index contributed by atoms with van der Waals surface area (Å²) in [7, 11) is -4.64. The summed E-state index contributed by atoms with van der Waals surface area (Å²) < 4.78 is 8.88. The summed E-state index contributed by atoms with van der Waals surface area (Å²) in [6, 6.07) is -1.30. The van der Waals surface area contributed by atoms with E-state index in [0.717, 1.165) is 6.92 Å². The molecule has 1 atom stereocenters. The van der Waals surface area contributed by atoms with Gasteiger partial charge in [-0.1, -0.05) is 52.4 Å². The molecule has 0 aliphatic heterocycles. The van der Waals surface area contributed by atoms with E-state index in [1.165, 1.54) is 38.5 Å². The molecule has 0 fully saturated rings. The quantitative estimate of drug-likeness (QED) is 0.144. The molecular weight excluding hydrogens is 343 g/mol. The Hall–Kier alpha value is -0.130. The number of hydrogen-bond donors (Lipinski definition) is 9. The molecule has 0 bridgehead atoms. The molecule has 0 radical (unpaired) electrons. The predicted octanol–water partition coefficient (Wildman–Crippen LogP) is -0.908. The van der Waals surface area contributed by atoms with Crippen molar-refractivity contribution in [1.82, 2.24) is 0 Å². The Kier molecular flexibility index (Phi) is 16.8. The summed E-state index contributed by atoms with van der Waals surface area (Å²) >= 11 is 0. The molecule has 150 valence electrons. The van der Waals surface area contributed by atoms with E-state index in [1.807, 2.05) is 0 Å². The fourth-order valence-electron chi connectivity index (χ4n) is 1.37. The zero-order valence-electron chi connectivity index (χ0n) is 14.7. The van der Waals surface area contributed by atoms with Crippen LogP contribution >= 0.6 is 7.82 Å². The third-order valence-electron chi connectivity index (χ3n) is 2.93. The van der Waals surface area contributed by atoms with Crippen molar-refractivity contribution in [2.24, 2.45) is 11.5 Å². The first-order valence-corrected chi connectivity index (χ1v) is 9.34. The Morgan fingerprint density at radius 3 is 1.33 bits per heavy atom. The average molecular weight is 378 g/mol. The first kappa shape index (κ1) is 28.7. The fourth-order valence-corrected chi connectivity index (χ4v) is 1.37. The predicted molar refractivity (Wildman–Crippen MR) is 90.4 cm³/mol. The zero-order valence-corrected chi connectivity index (χ0v) is 15.6. The maximum absolute atomic E-state index is 8.97. The topological polar surface area (TPSA) is 211 Å². The van der Waals surface area contributed by atoms with Crippen molar-refractivity contribution in [3.63, 3.8) is 0 Å². The van der Waals surface area contributed by atoms with E-state index in [0.29, 0.717) is 0 Å². The van der Waals surface area contributed by atoms with Crippen molar-refractivity contribution >= 4 is 7.82 Å². The molecule has 0 aliphatic rings. The summed E-state index contributed by atoms with van der Waals surface area (Å²) in [5.41, 5.74) is 10.1. The van der Waals surface area contributed by atoms with E-state index in [-0.39, 0.29) is 6.54 Å². The van der Waals surface area contributed by atoms with E-state index >= 15 is 0 Å². The van der Waals surface area contributed by atoms with Crippen molar-refractivity contribution in [1.29, 1.82) is 0 Å². The summed E-state index contributed by atoms with van der Waals surface area (Å²) in [4.78, 5) is 21.6. The lowest BCUT2D eigenvalue weighted by Gasteiger charge is -2.35. The van der Waals surface area contributed by atoms with Gasteiger partial charge in [-0.15, -0.1) is 0 Å². The molecule has 0 aromatic carbocycles. The van der Waals surface area contributed by atoms with Gasteiger partial charge in [-0.3, -0.25) is 0 Å². The molecule has 0 aromatic heterocycles. The highest BCUT2D eigenvalue weighted by Crippen LogP contribution is 2.25. The van der Waals surface area contributed by atoms with E-state index in [1.54, 1.807) is 0 Å². The Balaban J connectivity index is -0.000000298. The number of nitrogens with two attached hydrogens (primary N) is 2. The van der Waals surface area contributed by atoms with Gasteiger partial charge in [0.15, 0.2) is 0 Å². The van der Waals surface area contributed by atoms with Gasteiger partial charge in [0, 0.05) is 6.54 Å². The minimum atomic E-state index is -4.64. The molecular formula is C13H35N2O8P. The number of rotatable bonds is 8. The molecule has 11 heteroatoms. The van der Waals surface area contributed by atoms with Crippen LogP contribution in [0.25, 0.3) is 0 Å². The van der Waals surface area contributed by atoms with E-state index in [2.05, 4.69) is 13.8 Å². The molecule has 0 saturated heterocycles. The summed E-state index contributed by atoms with van der Waals surface area (Å²) in [6.45, 7) is 5.06. The van der Waals surface area contributed by atoms with Gasteiger partial charge in [0.1, 0.15) is 0 Å². The van der Waals surface area contributed by atoms with Crippen molar-refractivity contribution in [2.45, 2.75) is 76.9 Å². The Bertz CT molecular complexity index is 316. The van der Waals surface area contributed by atoms with Crippen LogP contribution in [0, 0.1) is 0 Å². The third-order valence-corrected chi connectivity index (χ3v) is 2.93. The molecule has 0 aliphatic carbocycles. The third kappa shape index (κ3) is 19.9. The average Bonchev–Trinajstić information content (AvgIpc) is 2.40. The first-order valence-electron chi connectivity index (χ1n) is 7.78. The first-order chi connectivity index (χ1) is 10.6. The van der Waals surface area contributed by atoms with Crippen molar-refractivity contribution in [3.05, 3.63) is 0 Å². The lowest BCUT2D eigenvalue weighted by atomic mass is 10.00. The second-order valence-corrected chi connectivity index (χ2v) is 6.54. The van der Waals surface area contributed by atoms with E-state index in [4.69, 9.17) is 51.1 Å². The number of unbranched alkanes of at least 4 members (excludes halogenated alkanes) is 5. The van der Waals surface area contributed by atoms with Crippen LogP contribution in [0.5, 0.6) is 0 Å². The molecule has 24 heavy (non-hydrogen) atoms. The highest BCUT2D eigenvalue weighted by atomic mass is 31.2. The van der Waals surface area contributed by atoms with Crippen LogP contribution in [-0.2, 0) is 4.57 Å². The van der Waals surface area contributed by atoms with Crippen molar-refractivity contribution in [3.8, 4) is 0 Å². The van der Waals surface area contributed by atoms with Gasteiger partial charge in [0.25, 0.3) is 0 Å². The number of hydrogen-bond acceptors (Lipinski definition) is 7. The molecule has 0 rings (SSSR count). The van der Waals surface area contributed by atoms with Crippen LogP contribution in [0.3, 0.4) is 0 Å². The number of aliphatic hydroxyl groups is 4. The summed E-state index contributed by atoms with van der Waals surface area (Å²) in [5.74, 6) is -5.46. The standard InChI is InChI=1S/C8H18.C5H14N2O4.H3O4P/c1-3-5-7-8-6-4-2;1-4(8,9)5(10,11)3(7)2-6;1-5(2,3)4/h3-8H2,1-2H3;3,8-11H,2,6-7H2,1H3;(H3,1,2,3,4). The lowest BCUT2D eigenvalue weighted by molar-refractivity contribution is -0.354. The van der Waals surface area contributed by atoms with Crippen LogP contribution in [-0.4, -0.2) is 59.3 Å². The van der Waals surface area contributed by atoms with Gasteiger partial charge in [-0.25, -0.2) is 4.57 Å². The summed E-state index contributed by atoms with van der Waals surface area (Å²) in [5, 5.41) is 35.5. The lowest BCUT2D eigenvalue weighted by Crippen LogP contribution is -2.64. The molecule has 0 aromatic rings. The smallest absolute Gasteiger partial charge is 0.362 e. The molecule has 0 saturated carbocycles.